The number of benzene rings is 8. The first-order valence-electron chi connectivity index (χ1n) is 42.9. The van der Waals surface area contributed by atoms with Crippen LogP contribution in [0, 0.1) is 21.7 Å². The second kappa shape index (κ2) is 34.8. The van der Waals surface area contributed by atoms with Gasteiger partial charge in [-0.2, -0.15) is 20.4 Å². The predicted octanol–water partition coefficient (Wildman–Crippen LogP) is 21.9. The predicted molar refractivity (Wildman–Crippen MR) is 502 cm³/mol. The number of nitrogens with one attached hydrogen (secondary N) is 4. The van der Waals surface area contributed by atoms with E-state index in [9.17, 15) is 39.6 Å². The normalized spacial score (nSPS) is 24.3. The Kier molecular flexibility index (Phi) is 24.6. The second-order valence-electron chi connectivity index (χ2n) is 37.7. The van der Waals surface area contributed by atoms with E-state index in [1.165, 1.54) is 0 Å². The summed E-state index contributed by atoms with van der Waals surface area (Å²) in [4.78, 5) is 58.8. The Labute approximate surface area is 763 Å². The molecule has 8 aromatic carbocycles. The highest BCUT2D eigenvalue weighted by atomic mass is 79.9. The molecule has 0 radical (unpaired) electrons. The molecule has 8 aliphatic rings. The van der Waals surface area contributed by atoms with Crippen LogP contribution in [0.3, 0.4) is 0 Å². The van der Waals surface area contributed by atoms with Crippen LogP contribution in [-0.4, -0.2) is 121 Å². The zero-order valence-corrected chi connectivity index (χ0v) is 78.3. The van der Waals surface area contributed by atoms with Crippen molar-refractivity contribution in [2.75, 3.05) is 32.8 Å². The van der Waals surface area contributed by atoms with Crippen LogP contribution in [0.2, 0.25) is 0 Å². The molecular formula is C100H106Br4N12O9. The number of amides is 4. The van der Waals surface area contributed by atoms with E-state index in [-0.39, 0.29) is 69.0 Å². The highest BCUT2D eigenvalue weighted by molar-refractivity contribution is 9.11. The van der Waals surface area contributed by atoms with E-state index >= 15 is 0 Å². The number of aromatic nitrogens is 8. The first-order valence-corrected chi connectivity index (χ1v) is 46.0. The van der Waals surface area contributed by atoms with Crippen molar-refractivity contribution in [3.8, 4) is 45.0 Å². The number of H-pyrrole nitrogens is 4. The van der Waals surface area contributed by atoms with Crippen LogP contribution in [0.15, 0.2) is 236 Å². The van der Waals surface area contributed by atoms with Gasteiger partial charge in [0, 0.05) is 154 Å². The number of halogens is 4. The molecular weight excluding hydrogens is 1830 g/mol. The monoisotopic (exact) mass is 1930 g/mol. The number of rotatable bonds is 10. The molecule has 12 heterocycles. The molecule has 12 aromatic rings. The smallest absolute Gasteiger partial charge is 0.231 e. The van der Waals surface area contributed by atoms with E-state index in [4.69, 9.17) is 4.74 Å². The van der Waals surface area contributed by atoms with Crippen LogP contribution < -0.4 is 19.6 Å². The van der Waals surface area contributed by atoms with Crippen LogP contribution >= 0.6 is 63.7 Å². The van der Waals surface area contributed by atoms with Crippen molar-refractivity contribution in [1.82, 2.24) is 40.8 Å². The van der Waals surface area contributed by atoms with Crippen molar-refractivity contribution in [3.05, 3.63) is 281 Å². The number of anilines is 4. The summed E-state index contributed by atoms with van der Waals surface area (Å²) in [7, 11) is 0. The third-order valence-corrected chi connectivity index (χ3v) is 27.6. The fourth-order valence-corrected chi connectivity index (χ4v) is 22.0. The first-order chi connectivity index (χ1) is 59.5. The summed E-state index contributed by atoms with van der Waals surface area (Å²) in [6, 6.07) is 72.9. The minimum atomic E-state index is -1.26. The summed E-state index contributed by atoms with van der Waals surface area (Å²) >= 11 is 14.1. The van der Waals surface area contributed by atoms with Gasteiger partial charge in [-0.1, -0.05) is 289 Å². The third kappa shape index (κ3) is 17.8. The van der Waals surface area contributed by atoms with E-state index in [1.54, 1.807) is 19.6 Å². The summed E-state index contributed by atoms with van der Waals surface area (Å²) < 4.78 is 8.86. The average molecular weight is 1940 g/mol. The van der Waals surface area contributed by atoms with Gasteiger partial charge in [0.15, 0.2) is 23.3 Å². The maximum absolute atomic E-state index is 13.2. The van der Waals surface area contributed by atoms with Crippen LogP contribution in [0.25, 0.3) is 45.0 Å². The lowest BCUT2D eigenvalue weighted by Gasteiger charge is -2.52. The van der Waals surface area contributed by atoms with Crippen LogP contribution in [-0.2, 0) is 23.9 Å². The average Bonchev–Trinajstić information content (AvgIpc) is 1.67. The summed E-state index contributed by atoms with van der Waals surface area (Å²) in [5.74, 6) is 1.60. The molecule has 0 bridgehead atoms. The Bertz CT molecular complexity index is 5210. The molecule has 0 saturated carbocycles. The van der Waals surface area contributed by atoms with Gasteiger partial charge in [-0.05, 0) is 129 Å². The second-order valence-corrected chi connectivity index (χ2v) is 41.4. The molecule has 125 heavy (non-hydrogen) atoms. The van der Waals surface area contributed by atoms with Gasteiger partial charge < -0.3 is 25.2 Å². The van der Waals surface area contributed by atoms with Crippen LogP contribution in [0.5, 0.6) is 0 Å². The first kappa shape index (κ1) is 88.6. The Morgan fingerprint density at radius 2 is 0.496 bits per heavy atom. The standard InChI is InChI=1S/4C24H24BrN3O2.C4H10O/c4*1-23(2)13-19(29)28-22-20(21(26-27-22)16-6-4-3-5-7-16)18(12-24(28,30)14-23)15-8-10-17(25)11-9-15;1-3-5-4-2/h4*3-11,18,30H,12-14H2,1-2H3,(H,26,27);3-4H2,1-2H3/t4*18-,24-;/m1100./s1. The number of aromatic amines is 4. The molecule has 21 nitrogen and oxygen atoms in total. The molecule has 4 fully saturated rings. The molecule has 0 unspecified atom stereocenters. The zero-order valence-electron chi connectivity index (χ0n) is 71.9. The maximum Gasteiger partial charge on any atom is 0.231 e. The van der Waals surface area contributed by atoms with E-state index in [0.717, 1.165) is 121 Å². The lowest BCUT2D eigenvalue weighted by atomic mass is 9.70. The van der Waals surface area contributed by atoms with Crippen LogP contribution in [0.1, 0.15) is 214 Å². The van der Waals surface area contributed by atoms with E-state index in [0.29, 0.717) is 100 Å². The molecule has 8 aliphatic heterocycles. The molecule has 8 N–H and O–H groups in total. The number of hydrogen-bond acceptors (Lipinski definition) is 13. The number of carbonyl (C=O) groups is 4. The lowest BCUT2D eigenvalue weighted by molar-refractivity contribution is -0.136. The maximum atomic E-state index is 13.2. The fraction of sp³-hybridized carbons (Fsp3) is 0.360. The van der Waals surface area contributed by atoms with Crippen molar-refractivity contribution in [2.45, 2.75) is 193 Å². The number of hydrogen-bond donors (Lipinski definition) is 8. The molecule has 4 aromatic heterocycles. The number of aliphatic hydroxyl groups is 4. The van der Waals surface area contributed by atoms with Gasteiger partial charge in [-0.25, -0.2) is 0 Å². The van der Waals surface area contributed by atoms with Gasteiger partial charge >= 0.3 is 0 Å². The number of nitrogens with zero attached hydrogens (tertiary/aromatic N) is 8. The van der Waals surface area contributed by atoms with Crippen molar-refractivity contribution in [1.29, 1.82) is 0 Å². The Morgan fingerprint density at radius 3 is 0.664 bits per heavy atom. The minimum Gasteiger partial charge on any atom is -0.382 e. The summed E-state index contributed by atoms with van der Waals surface area (Å²) in [5, 5.41) is 78.0. The van der Waals surface area contributed by atoms with Gasteiger partial charge in [0.05, 0.1) is 22.8 Å². The Balaban J connectivity index is 0.000000121. The van der Waals surface area contributed by atoms with Crippen molar-refractivity contribution < 1.29 is 44.3 Å². The molecule has 4 amide bonds. The highest BCUT2D eigenvalue weighted by Gasteiger charge is 2.60. The molecule has 4 saturated heterocycles. The summed E-state index contributed by atoms with van der Waals surface area (Å²) in [6.07, 6.45) is 5.42. The molecule has 0 spiro atoms. The SMILES string of the molecule is CC1(C)CC(=O)N2c3n[nH]c(-c4ccccc4)c3[C@@H](c3ccc(Br)cc3)C[C@@]2(O)C1.CC1(C)CC(=O)N2c3n[nH]c(-c4ccccc4)c3[C@@H](c3ccc(Br)cc3)C[C@@]2(O)C1.CC1(C)CC(=O)N2c3n[nH]c(-c4ccccc4)c3[C@H](c3ccc(Br)cc3)C[C@]2(O)C1.CC1(C)CC(=O)N2c3n[nH]c(-c4ccccc4)c3[C@H](c3ccc(Br)cc3)C[C@]2(O)C1.CCOCC. The van der Waals surface area contributed by atoms with Crippen LogP contribution in [0.4, 0.5) is 23.3 Å². The molecule has 25 heteroatoms. The third-order valence-electron chi connectivity index (χ3n) is 25.5. The van der Waals surface area contributed by atoms with Gasteiger partial charge in [-0.3, -0.25) is 59.2 Å². The van der Waals surface area contributed by atoms with Gasteiger partial charge in [0.25, 0.3) is 0 Å². The molecule has 20 rings (SSSR count). The lowest BCUT2D eigenvalue weighted by Crippen LogP contribution is -2.61. The quantitative estimate of drug-likeness (QED) is 0.0633. The largest absolute Gasteiger partial charge is 0.382 e. The van der Waals surface area contributed by atoms with Crippen molar-refractivity contribution >= 4 is 111 Å². The van der Waals surface area contributed by atoms with Gasteiger partial charge in [0.2, 0.25) is 23.6 Å². The number of fused-ring (bicyclic) bond motifs is 12. The summed E-state index contributed by atoms with van der Waals surface area (Å²) in [5.41, 5.74) is 9.89. The van der Waals surface area contributed by atoms with E-state index < -0.39 is 22.9 Å². The van der Waals surface area contributed by atoms with Gasteiger partial charge in [0.1, 0.15) is 22.9 Å². The highest BCUT2D eigenvalue weighted by Crippen LogP contribution is 2.60. The summed E-state index contributed by atoms with van der Waals surface area (Å²) in [6.45, 7) is 22.0. The molecule has 648 valence electrons. The number of carbonyl (C=O) groups excluding carboxylic acids is 4. The molecule has 8 atom stereocenters. The number of piperidine rings is 4. The Hall–Kier alpha value is -9.80. The minimum absolute atomic E-state index is 0.0737. The van der Waals surface area contributed by atoms with Crippen molar-refractivity contribution in [3.63, 3.8) is 0 Å². The van der Waals surface area contributed by atoms with E-state index in [2.05, 4.69) is 153 Å². The Morgan fingerprint density at radius 1 is 0.312 bits per heavy atom. The fourth-order valence-electron chi connectivity index (χ4n) is 20.9. The van der Waals surface area contributed by atoms with Gasteiger partial charge in [-0.15, -0.1) is 0 Å². The molecule has 0 aliphatic carbocycles. The number of ether oxygens (including phenoxy) is 1. The zero-order chi connectivity index (χ0) is 88.5. The van der Waals surface area contributed by atoms with Crippen molar-refractivity contribution in [2.24, 2.45) is 21.7 Å². The topological polar surface area (TPSA) is 286 Å². The van der Waals surface area contributed by atoms with E-state index in [1.807, 2.05) is 239 Å².